The first-order valence-corrected chi connectivity index (χ1v) is 5.95. The van der Waals surface area contributed by atoms with Gasteiger partial charge in [-0.25, -0.2) is 0 Å². The van der Waals surface area contributed by atoms with E-state index in [9.17, 15) is 0 Å². The third-order valence-corrected chi connectivity index (χ3v) is 2.90. The van der Waals surface area contributed by atoms with Crippen molar-refractivity contribution in [1.29, 1.82) is 5.41 Å². The predicted molar refractivity (Wildman–Crippen MR) is 72.6 cm³/mol. The molecule has 0 aliphatic rings. The minimum Gasteiger partial charge on any atom is -0.382 e. The molecule has 0 radical (unpaired) electrons. The van der Waals surface area contributed by atoms with Gasteiger partial charge in [0.25, 0.3) is 0 Å². The fourth-order valence-electron chi connectivity index (χ4n) is 1.85. The molecule has 4 heteroatoms. The quantitative estimate of drug-likeness (QED) is 0.606. The summed E-state index contributed by atoms with van der Waals surface area (Å²) in [5, 5.41) is 7.29. The number of hydrogen-bond donors (Lipinski definition) is 2. The molecule has 0 spiro atoms. The maximum absolute atomic E-state index is 7.29. The minimum atomic E-state index is 0.00873. The number of nitrogens with one attached hydrogen (secondary N) is 1. The standard InChI is InChI=1S/C13H22N4/c1-9(2)7-10(3)17(4)11-5-6-12(13(14)15)16-8-11/h5-6,8-10H,7H2,1-4H3,(H3,14,15). The van der Waals surface area contributed by atoms with E-state index in [0.29, 0.717) is 17.7 Å². The van der Waals surface area contributed by atoms with E-state index in [0.717, 1.165) is 12.1 Å². The number of nitrogens with two attached hydrogens (primary N) is 1. The molecule has 94 valence electrons. The van der Waals surface area contributed by atoms with E-state index in [2.05, 4.69) is 37.7 Å². The van der Waals surface area contributed by atoms with Crippen LogP contribution >= 0.6 is 0 Å². The van der Waals surface area contributed by atoms with Crippen molar-refractivity contribution >= 4 is 11.5 Å². The van der Waals surface area contributed by atoms with Gasteiger partial charge in [-0.15, -0.1) is 0 Å². The molecule has 0 aromatic carbocycles. The fraction of sp³-hybridized carbons (Fsp3) is 0.538. The Morgan fingerprint density at radius 2 is 2.06 bits per heavy atom. The molecular formula is C13H22N4. The predicted octanol–water partition coefficient (Wildman–Crippen LogP) is 2.24. The third kappa shape index (κ3) is 3.73. The molecule has 0 aliphatic carbocycles. The van der Waals surface area contributed by atoms with Crippen molar-refractivity contribution in [1.82, 2.24) is 4.98 Å². The fourth-order valence-corrected chi connectivity index (χ4v) is 1.85. The molecule has 0 bridgehead atoms. The molecule has 3 N–H and O–H groups in total. The number of amidine groups is 1. The van der Waals surface area contributed by atoms with Crippen LogP contribution in [0.25, 0.3) is 0 Å². The second kappa shape index (κ2) is 5.66. The van der Waals surface area contributed by atoms with Crippen LogP contribution in [0.4, 0.5) is 5.69 Å². The Bertz CT molecular complexity index is 370. The van der Waals surface area contributed by atoms with Crippen LogP contribution in [-0.4, -0.2) is 23.9 Å². The van der Waals surface area contributed by atoms with Crippen LogP contribution in [0.15, 0.2) is 18.3 Å². The zero-order valence-corrected chi connectivity index (χ0v) is 11.1. The van der Waals surface area contributed by atoms with Gasteiger partial charge in [-0.1, -0.05) is 13.8 Å². The molecule has 0 aliphatic heterocycles. The van der Waals surface area contributed by atoms with E-state index in [4.69, 9.17) is 11.1 Å². The molecule has 0 saturated heterocycles. The SMILES string of the molecule is CC(C)CC(C)N(C)c1ccc(C(=N)N)nc1. The van der Waals surface area contributed by atoms with E-state index in [-0.39, 0.29) is 5.84 Å². The van der Waals surface area contributed by atoms with Crippen molar-refractivity contribution in [2.24, 2.45) is 11.7 Å². The minimum absolute atomic E-state index is 0.00873. The van der Waals surface area contributed by atoms with Crippen LogP contribution in [0.3, 0.4) is 0 Å². The molecule has 1 atom stereocenters. The molecule has 1 aromatic heterocycles. The van der Waals surface area contributed by atoms with Crippen LogP contribution < -0.4 is 10.6 Å². The lowest BCUT2D eigenvalue weighted by molar-refractivity contribution is 0.504. The maximum Gasteiger partial charge on any atom is 0.141 e. The summed E-state index contributed by atoms with van der Waals surface area (Å²) in [5.41, 5.74) is 6.96. The summed E-state index contributed by atoms with van der Waals surface area (Å²) in [6.45, 7) is 6.65. The monoisotopic (exact) mass is 234 g/mol. The molecule has 0 fully saturated rings. The molecular weight excluding hydrogens is 212 g/mol. The third-order valence-electron chi connectivity index (χ3n) is 2.90. The molecule has 0 amide bonds. The van der Waals surface area contributed by atoms with Gasteiger partial charge in [0.15, 0.2) is 0 Å². The number of aromatic nitrogens is 1. The van der Waals surface area contributed by atoms with Gasteiger partial charge in [-0.05, 0) is 31.4 Å². The lowest BCUT2D eigenvalue weighted by atomic mass is 10.0. The topological polar surface area (TPSA) is 66.0 Å². The Hall–Kier alpha value is -1.58. The zero-order chi connectivity index (χ0) is 13.0. The highest BCUT2D eigenvalue weighted by molar-refractivity contribution is 5.93. The Morgan fingerprint density at radius 1 is 1.41 bits per heavy atom. The number of hydrogen-bond acceptors (Lipinski definition) is 3. The molecule has 17 heavy (non-hydrogen) atoms. The van der Waals surface area contributed by atoms with Crippen molar-refractivity contribution in [3.8, 4) is 0 Å². The van der Waals surface area contributed by atoms with Gasteiger partial charge in [0.1, 0.15) is 11.5 Å². The number of nitrogens with zero attached hydrogens (tertiary/aromatic N) is 2. The first-order chi connectivity index (χ1) is 7.91. The van der Waals surface area contributed by atoms with E-state index < -0.39 is 0 Å². The van der Waals surface area contributed by atoms with E-state index in [1.165, 1.54) is 0 Å². The Kier molecular flexibility index (Phi) is 4.49. The lowest BCUT2D eigenvalue weighted by Crippen LogP contribution is -2.30. The molecule has 1 heterocycles. The van der Waals surface area contributed by atoms with Gasteiger partial charge in [-0.3, -0.25) is 10.4 Å². The Labute approximate surface area is 103 Å². The summed E-state index contributed by atoms with van der Waals surface area (Å²) in [7, 11) is 2.07. The van der Waals surface area contributed by atoms with E-state index >= 15 is 0 Å². The number of rotatable bonds is 5. The molecule has 4 nitrogen and oxygen atoms in total. The van der Waals surface area contributed by atoms with Crippen molar-refractivity contribution in [2.75, 3.05) is 11.9 Å². The second-order valence-electron chi connectivity index (χ2n) is 4.90. The summed E-state index contributed by atoms with van der Waals surface area (Å²) in [4.78, 5) is 6.37. The van der Waals surface area contributed by atoms with Crippen molar-refractivity contribution in [3.63, 3.8) is 0 Å². The van der Waals surface area contributed by atoms with Crippen LogP contribution in [0.5, 0.6) is 0 Å². The molecule has 1 aromatic rings. The lowest BCUT2D eigenvalue weighted by Gasteiger charge is -2.28. The summed E-state index contributed by atoms with van der Waals surface area (Å²) in [6, 6.07) is 4.22. The highest BCUT2D eigenvalue weighted by atomic mass is 15.1. The van der Waals surface area contributed by atoms with Crippen LogP contribution in [0, 0.1) is 11.3 Å². The first-order valence-electron chi connectivity index (χ1n) is 5.95. The average molecular weight is 234 g/mol. The normalized spacial score (nSPS) is 12.5. The van der Waals surface area contributed by atoms with Gasteiger partial charge < -0.3 is 10.6 Å². The number of nitrogen functional groups attached to an aromatic ring is 1. The van der Waals surface area contributed by atoms with Crippen molar-refractivity contribution < 1.29 is 0 Å². The smallest absolute Gasteiger partial charge is 0.141 e. The second-order valence-corrected chi connectivity index (χ2v) is 4.90. The van der Waals surface area contributed by atoms with Crippen LogP contribution in [-0.2, 0) is 0 Å². The highest BCUT2D eigenvalue weighted by Crippen LogP contribution is 2.18. The first kappa shape index (κ1) is 13.5. The van der Waals surface area contributed by atoms with Gasteiger partial charge in [0.05, 0.1) is 11.9 Å². The van der Waals surface area contributed by atoms with Gasteiger partial charge >= 0.3 is 0 Å². The van der Waals surface area contributed by atoms with E-state index in [1.54, 1.807) is 12.3 Å². The Morgan fingerprint density at radius 3 is 2.47 bits per heavy atom. The summed E-state index contributed by atoms with van der Waals surface area (Å²) in [5.74, 6) is 0.686. The molecule has 1 rings (SSSR count). The maximum atomic E-state index is 7.29. The highest BCUT2D eigenvalue weighted by Gasteiger charge is 2.12. The summed E-state index contributed by atoms with van der Waals surface area (Å²) in [6.07, 6.45) is 2.92. The van der Waals surface area contributed by atoms with Gasteiger partial charge in [0, 0.05) is 13.1 Å². The van der Waals surface area contributed by atoms with Crippen LogP contribution in [0.1, 0.15) is 32.9 Å². The largest absolute Gasteiger partial charge is 0.382 e. The average Bonchev–Trinajstić information content (AvgIpc) is 2.27. The zero-order valence-electron chi connectivity index (χ0n) is 11.1. The van der Waals surface area contributed by atoms with Crippen molar-refractivity contribution in [2.45, 2.75) is 33.2 Å². The van der Waals surface area contributed by atoms with Crippen molar-refractivity contribution in [3.05, 3.63) is 24.0 Å². The molecule has 0 saturated carbocycles. The van der Waals surface area contributed by atoms with Crippen LogP contribution in [0.2, 0.25) is 0 Å². The number of pyridine rings is 1. The van der Waals surface area contributed by atoms with Gasteiger partial charge in [0.2, 0.25) is 0 Å². The van der Waals surface area contributed by atoms with E-state index in [1.807, 2.05) is 6.07 Å². The molecule has 1 unspecified atom stereocenters. The number of anilines is 1. The Balaban J connectivity index is 2.75. The summed E-state index contributed by atoms with van der Waals surface area (Å²) < 4.78 is 0. The summed E-state index contributed by atoms with van der Waals surface area (Å²) >= 11 is 0. The van der Waals surface area contributed by atoms with Gasteiger partial charge in [-0.2, -0.15) is 0 Å².